The fourth-order valence-corrected chi connectivity index (χ4v) is 3.23. The van der Waals surface area contributed by atoms with Gasteiger partial charge < -0.3 is 5.32 Å². The lowest BCUT2D eigenvalue weighted by atomic mass is 9.84. The van der Waals surface area contributed by atoms with Crippen molar-refractivity contribution >= 4 is 9.84 Å². The quantitative estimate of drug-likeness (QED) is 0.731. The van der Waals surface area contributed by atoms with E-state index in [0.29, 0.717) is 11.8 Å². The van der Waals surface area contributed by atoms with E-state index in [1.807, 2.05) is 0 Å². The summed E-state index contributed by atoms with van der Waals surface area (Å²) in [4.78, 5) is 0. The van der Waals surface area contributed by atoms with Crippen LogP contribution in [-0.2, 0) is 9.84 Å². The van der Waals surface area contributed by atoms with Crippen LogP contribution >= 0.6 is 0 Å². The SMILES string of the molecule is CCNC(CCCCS(=O)(=O)C(C)(C)C)C(C)(C)C. The molecule has 0 bridgehead atoms. The van der Waals surface area contributed by atoms with Gasteiger partial charge in [0.2, 0.25) is 0 Å². The third-order valence-corrected chi connectivity index (χ3v) is 6.28. The Morgan fingerprint density at radius 2 is 1.53 bits per heavy atom. The maximum Gasteiger partial charge on any atom is 0.155 e. The van der Waals surface area contributed by atoms with Crippen molar-refractivity contribution in [1.29, 1.82) is 0 Å². The second-order valence-electron chi connectivity index (χ2n) is 7.40. The van der Waals surface area contributed by atoms with Gasteiger partial charge in [-0.25, -0.2) is 8.42 Å². The summed E-state index contributed by atoms with van der Waals surface area (Å²) in [5, 5.41) is 3.50. The molecule has 0 rings (SSSR count). The maximum absolute atomic E-state index is 12.0. The van der Waals surface area contributed by atoms with Gasteiger partial charge in [-0.1, -0.05) is 34.1 Å². The second kappa shape index (κ2) is 7.07. The molecular weight excluding hydrogens is 258 g/mol. The molecule has 1 unspecified atom stereocenters. The van der Waals surface area contributed by atoms with Gasteiger partial charge in [0.05, 0.1) is 10.5 Å². The van der Waals surface area contributed by atoms with Gasteiger partial charge in [0, 0.05) is 6.04 Å². The van der Waals surface area contributed by atoms with E-state index < -0.39 is 14.6 Å². The fourth-order valence-electron chi connectivity index (χ4n) is 2.03. The van der Waals surface area contributed by atoms with Crippen LogP contribution in [0.1, 0.15) is 67.7 Å². The first kappa shape index (κ1) is 18.9. The van der Waals surface area contributed by atoms with Crippen LogP contribution in [0.2, 0.25) is 0 Å². The molecule has 0 fully saturated rings. The van der Waals surface area contributed by atoms with Gasteiger partial charge in [0.1, 0.15) is 0 Å². The highest BCUT2D eigenvalue weighted by molar-refractivity contribution is 7.92. The van der Waals surface area contributed by atoms with Gasteiger partial charge in [0.25, 0.3) is 0 Å². The smallest absolute Gasteiger partial charge is 0.155 e. The Bertz CT molecular complexity index is 347. The third-order valence-electron chi connectivity index (χ3n) is 3.58. The van der Waals surface area contributed by atoms with Gasteiger partial charge in [-0.15, -0.1) is 0 Å². The summed E-state index contributed by atoms with van der Waals surface area (Å²) in [6.45, 7) is 15.1. The molecule has 1 N–H and O–H groups in total. The van der Waals surface area contributed by atoms with E-state index in [-0.39, 0.29) is 5.41 Å². The summed E-state index contributed by atoms with van der Waals surface area (Å²) < 4.78 is 23.4. The summed E-state index contributed by atoms with van der Waals surface area (Å²) in [6.07, 6.45) is 2.76. The number of unbranched alkanes of at least 4 members (excludes halogenated alkanes) is 1. The molecule has 4 heteroatoms. The Hall–Kier alpha value is -0.0900. The van der Waals surface area contributed by atoms with Crippen LogP contribution in [0.3, 0.4) is 0 Å². The fraction of sp³-hybridized carbons (Fsp3) is 1.00. The summed E-state index contributed by atoms with van der Waals surface area (Å²) in [7, 11) is -2.96. The number of rotatable bonds is 7. The normalized spacial score (nSPS) is 15.5. The van der Waals surface area contributed by atoms with E-state index in [1.54, 1.807) is 20.8 Å². The van der Waals surface area contributed by atoms with Gasteiger partial charge in [0.15, 0.2) is 9.84 Å². The zero-order valence-electron chi connectivity index (χ0n) is 13.8. The monoisotopic (exact) mass is 291 g/mol. The lowest BCUT2D eigenvalue weighted by Gasteiger charge is -2.31. The van der Waals surface area contributed by atoms with E-state index in [1.165, 1.54) is 0 Å². The van der Waals surface area contributed by atoms with E-state index in [9.17, 15) is 8.42 Å². The Kier molecular flexibility index (Phi) is 7.04. The Morgan fingerprint density at radius 3 is 1.89 bits per heavy atom. The molecule has 0 radical (unpaired) electrons. The lowest BCUT2D eigenvalue weighted by Crippen LogP contribution is -2.40. The van der Waals surface area contributed by atoms with Crippen LogP contribution in [0.4, 0.5) is 0 Å². The topological polar surface area (TPSA) is 46.2 Å². The van der Waals surface area contributed by atoms with Crippen molar-refractivity contribution in [3.05, 3.63) is 0 Å². The molecule has 0 aliphatic rings. The van der Waals surface area contributed by atoms with Crippen LogP contribution < -0.4 is 5.32 Å². The molecule has 0 saturated heterocycles. The molecule has 0 aromatic rings. The molecule has 0 spiro atoms. The van der Waals surface area contributed by atoms with Crippen molar-refractivity contribution in [2.75, 3.05) is 12.3 Å². The molecule has 3 nitrogen and oxygen atoms in total. The van der Waals surface area contributed by atoms with E-state index >= 15 is 0 Å². The minimum absolute atomic E-state index is 0.221. The molecule has 0 aliphatic heterocycles. The van der Waals surface area contributed by atoms with Gasteiger partial charge >= 0.3 is 0 Å². The predicted octanol–water partition coefficient (Wildman–Crippen LogP) is 3.39. The maximum atomic E-state index is 12.0. The highest BCUT2D eigenvalue weighted by Gasteiger charge is 2.28. The summed E-state index contributed by atoms with van der Waals surface area (Å²) >= 11 is 0. The molecule has 0 heterocycles. The van der Waals surface area contributed by atoms with Crippen LogP contribution in [0.25, 0.3) is 0 Å². The van der Waals surface area contributed by atoms with Gasteiger partial charge in [-0.05, 0) is 45.6 Å². The molecule has 0 aromatic carbocycles. The van der Waals surface area contributed by atoms with Crippen LogP contribution in [0.5, 0.6) is 0 Å². The average Bonchev–Trinajstić information content (AvgIpc) is 2.19. The second-order valence-corrected chi connectivity index (χ2v) is 10.3. The number of sulfone groups is 1. The summed E-state index contributed by atoms with van der Waals surface area (Å²) in [5.74, 6) is 0.305. The average molecular weight is 292 g/mol. The van der Waals surface area contributed by atoms with Crippen LogP contribution in [-0.4, -0.2) is 31.5 Å². The number of nitrogens with one attached hydrogen (secondary N) is 1. The zero-order valence-corrected chi connectivity index (χ0v) is 14.7. The van der Waals surface area contributed by atoms with Crippen molar-refractivity contribution in [3.8, 4) is 0 Å². The number of hydrogen-bond acceptors (Lipinski definition) is 3. The van der Waals surface area contributed by atoms with Crippen molar-refractivity contribution in [1.82, 2.24) is 5.32 Å². The van der Waals surface area contributed by atoms with Crippen molar-refractivity contribution in [2.24, 2.45) is 5.41 Å². The first-order chi connectivity index (χ1) is 8.42. The molecule has 0 aliphatic carbocycles. The molecule has 1 atom stereocenters. The number of hydrogen-bond donors (Lipinski definition) is 1. The molecular formula is C15H33NO2S. The summed E-state index contributed by atoms with van der Waals surface area (Å²) in [5.41, 5.74) is 0.221. The van der Waals surface area contributed by atoms with E-state index in [2.05, 4.69) is 33.0 Å². The standard InChI is InChI=1S/C15H33NO2S/c1-8-16-13(14(2,3)4)11-9-10-12-19(17,18)15(5,6)7/h13,16H,8-12H2,1-7H3. The predicted molar refractivity (Wildman–Crippen MR) is 84.3 cm³/mol. The van der Waals surface area contributed by atoms with Crippen molar-refractivity contribution < 1.29 is 8.42 Å². The summed E-state index contributed by atoms with van der Waals surface area (Å²) in [6, 6.07) is 0.454. The zero-order chi connectivity index (χ0) is 15.3. The molecule has 0 saturated carbocycles. The lowest BCUT2D eigenvalue weighted by molar-refractivity contribution is 0.254. The van der Waals surface area contributed by atoms with Crippen LogP contribution in [0, 0.1) is 5.41 Å². The first-order valence-electron chi connectivity index (χ1n) is 7.37. The van der Waals surface area contributed by atoms with E-state index in [0.717, 1.165) is 25.8 Å². The largest absolute Gasteiger partial charge is 0.314 e. The molecule has 116 valence electrons. The minimum Gasteiger partial charge on any atom is -0.314 e. The first-order valence-corrected chi connectivity index (χ1v) is 9.02. The minimum atomic E-state index is -2.96. The Morgan fingerprint density at radius 1 is 1.00 bits per heavy atom. The third kappa shape index (κ3) is 6.75. The molecule has 0 amide bonds. The van der Waals surface area contributed by atoms with Gasteiger partial charge in [-0.2, -0.15) is 0 Å². The molecule has 19 heavy (non-hydrogen) atoms. The highest BCUT2D eigenvalue weighted by atomic mass is 32.2. The Balaban J connectivity index is 4.23. The van der Waals surface area contributed by atoms with Crippen molar-refractivity contribution in [3.63, 3.8) is 0 Å². The Labute approximate surface area is 120 Å². The van der Waals surface area contributed by atoms with E-state index in [4.69, 9.17) is 0 Å². The van der Waals surface area contributed by atoms with Gasteiger partial charge in [-0.3, -0.25) is 0 Å². The highest BCUT2D eigenvalue weighted by Crippen LogP contribution is 2.24. The van der Waals surface area contributed by atoms with Crippen LogP contribution in [0.15, 0.2) is 0 Å². The van der Waals surface area contributed by atoms with Crippen molar-refractivity contribution in [2.45, 2.75) is 78.5 Å². The molecule has 0 aromatic heterocycles.